The lowest BCUT2D eigenvalue weighted by Gasteiger charge is -2.01. The standard InChI is InChI=1S/C7H10N4S/c8-3-5(9)6-4-11-1-2-12-7(11)10-6/h1-2,4-5H,3,8-9H2. The molecule has 0 spiro atoms. The predicted octanol–water partition coefficient (Wildman–Crippen LogP) is 0.354. The van der Waals surface area contributed by atoms with Crippen molar-refractivity contribution >= 4 is 16.3 Å². The van der Waals surface area contributed by atoms with Crippen molar-refractivity contribution in [2.45, 2.75) is 6.04 Å². The first kappa shape index (κ1) is 7.72. The van der Waals surface area contributed by atoms with Crippen LogP contribution in [-0.4, -0.2) is 15.9 Å². The van der Waals surface area contributed by atoms with Crippen LogP contribution < -0.4 is 11.5 Å². The molecule has 0 saturated carbocycles. The van der Waals surface area contributed by atoms with Gasteiger partial charge < -0.3 is 11.5 Å². The van der Waals surface area contributed by atoms with E-state index in [1.165, 1.54) is 0 Å². The third-order valence-electron chi connectivity index (χ3n) is 1.75. The van der Waals surface area contributed by atoms with E-state index in [2.05, 4.69) is 4.98 Å². The van der Waals surface area contributed by atoms with Crippen LogP contribution in [0.1, 0.15) is 11.7 Å². The molecule has 2 rings (SSSR count). The normalized spacial score (nSPS) is 13.8. The second kappa shape index (κ2) is 2.85. The number of hydrogen-bond donors (Lipinski definition) is 2. The molecule has 12 heavy (non-hydrogen) atoms. The fourth-order valence-corrected chi connectivity index (χ4v) is 1.75. The summed E-state index contributed by atoms with van der Waals surface area (Å²) < 4.78 is 1.95. The largest absolute Gasteiger partial charge is 0.329 e. The van der Waals surface area contributed by atoms with Gasteiger partial charge in [0.2, 0.25) is 0 Å². The van der Waals surface area contributed by atoms with E-state index in [4.69, 9.17) is 11.5 Å². The third kappa shape index (κ3) is 1.12. The Balaban J connectivity index is 2.44. The molecule has 0 bridgehead atoms. The minimum absolute atomic E-state index is 0.142. The number of hydrogen-bond acceptors (Lipinski definition) is 4. The Labute approximate surface area is 73.8 Å². The van der Waals surface area contributed by atoms with Crippen molar-refractivity contribution < 1.29 is 0 Å². The Morgan fingerprint density at radius 1 is 1.67 bits per heavy atom. The SMILES string of the molecule is NCC(N)c1cn2ccsc2n1. The fraction of sp³-hybridized carbons (Fsp3) is 0.286. The van der Waals surface area contributed by atoms with Gasteiger partial charge in [0.1, 0.15) is 0 Å². The van der Waals surface area contributed by atoms with E-state index in [0.29, 0.717) is 6.54 Å². The number of nitrogens with two attached hydrogens (primary N) is 2. The van der Waals surface area contributed by atoms with Gasteiger partial charge in [0, 0.05) is 24.3 Å². The van der Waals surface area contributed by atoms with E-state index in [9.17, 15) is 0 Å². The highest BCUT2D eigenvalue weighted by molar-refractivity contribution is 7.15. The Morgan fingerprint density at radius 3 is 3.17 bits per heavy atom. The zero-order valence-corrected chi connectivity index (χ0v) is 7.29. The summed E-state index contributed by atoms with van der Waals surface area (Å²) in [7, 11) is 0. The summed E-state index contributed by atoms with van der Waals surface area (Å²) in [5, 5.41) is 1.99. The molecule has 4 nitrogen and oxygen atoms in total. The lowest BCUT2D eigenvalue weighted by molar-refractivity contribution is 0.717. The van der Waals surface area contributed by atoms with E-state index >= 15 is 0 Å². The lowest BCUT2D eigenvalue weighted by Crippen LogP contribution is -2.20. The molecule has 0 aromatic carbocycles. The average molecular weight is 182 g/mol. The minimum atomic E-state index is -0.142. The van der Waals surface area contributed by atoms with Gasteiger partial charge in [0.25, 0.3) is 0 Å². The van der Waals surface area contributed by atoms with Crippen molar-refractivity contribution in [3.8, 4) is 0 Å². The van der Waals surface area contributed by atoms with Gasteiger partial charge in [-0.15, -0.1) is 11.3 Å². The Kier molecular flexibility index (Phi) is 1.84. The number of aromatic nitrogens is 2. The van der Waals surface area contributed by atoms with E-state index in [0.717, 1.165) is 10.7 Å². The molecule has 4 N–H and O–H groups in total. The number of rotatable bonds is 2. The molecule has 0 aliphatic heterocycles. The first-order valence-corrected chi connectivity index (χ1v) is 4.57. The molecular weight excluding hydrogens is 172 g/mol. The molecule has 0 saturated heterocycles. The molecule has 0 aliphatic rings. The highest BCUT2D eigenvalue weighted by atomic mass is 32.1. The fourth-order valence-electron chi connectivity index (χ4n) is 1.05. The molecule has 0 amide bonds. The number of fused-ring (bicyclic) bond motifs is 1. The highest BCUT2D eigenvalue weighted by Gasteiger charge is 2.08. The molecule has 64 valence electrons. The van der Waals surface area contributed by atoms with E-state index in [1.54, 1.807) is 11.3 Å². The van der Waals surface area contributed by atoms with Crippen LogP contribution in [0.3, 0.4) is 0 Å². The van der Waals surface area contributed by atoms with Crippen LogP contribution in [0.4, 0.5) is 0 Å². The topological polar surface area (TPSA) is 69.3 Å². The van der Waals surface area contributed by atoms with Crippen LogP contribution in [0.5, 0.6) is 0 Å². The van der Waals surface area contributed by atoms with Crippen molar-refractivity contribution in [3.63, 3.8) is 0 Å². The highest BCUT2D eigenvalue weighted by Crippen LogP contribution is 2.14. The summed E-state index contributed by atoms with van der Waals surface area (Å²) in [6.45, 7) is 0.435. The molecule has 2 heterocycles. The van der Waals surface area contributed by atoms with Gasteiger partial charge >= 0.3 is 0 Å². The molecular formula is C7H10N4S. The first-order valence-electron chi connectivity index (χ1n) is 3.69. The number of nitrogens with zero attached hydrogens (tertiary/aromatic N) is 2. The van der Waals surface area contributed by atoms with Crippen LogP contribution >= 0.6 is 11.3 Å². The molecule has 0 radical (unpaired) electrons. The molecule has 0 fully saturated rings. The second-order valence-electron chi connectivity index (χ2n) is 2.60. The third-order valence-corrected chi connectivity index (χ3v) is 2.52. The van der Waals surface area contributed by atoms with E-state index < -0.39 is 0 Å². The Morgan fingerprint density at radius 2 is 2.50 bits per heavy atom. The van der Waals surface area contributed by atoms with E-state index in [1.807, 2.05) is 22.2 Å². The van der Waals surface area contributed by atoms with Crippen molar-refractivity contribution in [1.29, 1.82) is 0 Å². The maximum Gasteiger partial charge on any atom is 0.193 e. The van der Waals surface area contributed by atoms with Crippen molar-refractivity contribution in [2.75, 3.05) is 6.54 Å². The van der Waals surface area contributed by atoms with Crippen molar-refractivity contribution in [2.24, 2.45) is 11.5 Å². The molecule has 2 aromatic heterocycles. The van der Waals surface area contributed by atoms with Crippen LogP contribution in [0, 0.1) is 0 Å². The second-order valence-corrected chi connectivity index (χ2v) is 3.47. The minimum Gasteiger partial charge on any atom is -0.329 e. The van der Waals surface area contributed by atoms with Gasteiger partial charge in [-0.3, -0.25) is 4.40 Å². The zero-order chi connectivity index (χ0) is 8.55. The zero-order valence-electron chi connectivity index (χ0n) is 6.47. The maximum atomic E-state index is 5.72. The quantitative estimate of drug-likeness (QED) is 0.704. The van der Waals surface area contributed by atoms with Crippen LogP contribution in [0.15, 0.2) is 17.8 Å². The Hall–Kier alpha value is -0.910. The van der Waals surface area contributed by atoms with Crippen LogP contribution in [-0.2, 0) is 0 Å². The number of imidazole rings is 1. The summed E-state index contributed by atoms with van der Waals surface area (Å²) >= 11 is 1.59. The summed E-state index contributed by atoms with van der Waals surface area (Å²) in [5.41, 5.74) is 12.0. The van der Waals surface area contributed by atoms with Gasteiger partial charge in [-0.1, -0.05) is 0 Å². The van der Waals surface area contributed by atoms with Crippen molar-refractivity contribution in [1.82, 2.24) is 9.38 Å². The Bertz CT molecular complexity index is 349. The van der Waals surface area contributed by atoms with Gasteiger partial charge in [0.15, 0.2) is 4.96 Å². The molecule has 2 aromatic rings. The van der Waals surface area contributed by atoms with E-state index in [-0.39, 0.29) is 6.04 Å². The van der Waals surface area contributed by atoms with Gasteiger partial charge in [-0.2, -0.15) is 0 Å². The van der Waals surface area contributed by atoms with Crippen molar-refractivity contribution in [3.05, 3.63) is 23.5 Å². The molecule has 1 atom stereocenters. The summed E-state index contributed by atoms with van der Waals surface area (Å²) in [5.74, 6) is 0. The summed E-state index contributed by atoms with van der Waals surface area (Å²) in [6.07, 6.45) is 3.88. The van der Waals surface area contributed by atoms with Gasteiger partial charge in [0.05, 0.1) is 11.7 Å². The summed E-state index contributed by atoms with van der Waals surface area (Å²) in [6, 6.07) is -0.142. The molecule has 1 unspecified atom stereocenters. The molecule has 5 heteroatoms. The monoisotopic (exact) mass is 182 g/mol. The van der Waals surface area contributed by atoms with Gasteiger partial charge in [-0.25, -0.2) is 4.98 Å². The van der Waals surface area contributed by atoms with Gasteiger partial charge in [-0.05, 0) is 0 Å². The smallest absolute Gasteiger partial charge is 0.193 e. The summed E-state index contributed by atoms with van der Waals surface area (Å²) in [4.78, 5) is 5.29. The first-order chi connectivity index (χ1) is 5.81. The number of thiazole rings is 1. The maximum absolute atomic E-state index is 5.72. The van der Waals surface area contributed by atoms with Crippen LogP contribution in [0.2, 0.25) is 0 Å². The predicted molar refractivity (Wildman–Crippen MR) is 49.1 cm³/mol. The molecule has 0 aliphatic carbocycles. The average Bonchev–Trinajstić information content (AvgIpc) is 2.60. The van der Waals surface area contributed by atoms with Crippen LogP contribution in [0.25, 0.3) is 4.96 Å². The lowest BCUT2D eigenvalue weighted by atomic mass is 10.2.